The second-order valence-electron chi connectivity index (χ2n) is 3.46. The summed E-state index contributed by atoms with van der Waals surface area (Å²) in [4.78, 5) is 6.50. The molecule has 0 atom stereocenters. The zero-order valence-electron chi connectivity index (χ0n) is 7.50. The summed E-state index contributed by atoms with van der Waals surface area (Å²) in [6.07, 6.45) is 1.84. The maximum atomic E-state index is 5.70. The summed E-state index contributed by atoms with van der Waals surface area (Å²) in [7, 11) is 0. The van der Waals surface area contributed by atoms with Gasteiger partial charge in [0, 0.05) is 29.8 Å². The van der Waals surface area contributed by atoms with E-state index >= 15 is 0 Å². The molecule has 0 spiro atoms. The Balaban J connectivity index is 2.18. The summed E-state index contributed by atoms with van der Waals surface area (Å²) in [5.74, 6) is 1.03. The van der Waals surface area contributed by atoms with Gasteiger partial charge in [0.2, 0.25) is 0 Å². The Morgan fingerprint density at radius 3 is 2.85 bits per heavy atom. The molecule has 0 aliphatic carbocycles. The van der Waals surface area contributed by atoms with Crippen molar-refractivity contribution in [1.29, 1.82) is 0 Å². The summed E-state index contributed by atoms with van der Waals surface area (Å²) in [5, 5.41) is 0. The van der Waals surface area contributed by atoms with Gasteiger partial charge in [0.05, 0.1) is 0 Å². The number of rotatable bonds is 1. The minimum atomic E-state index is 0.325. The third-order valence-corrected chi connectivity index (χ3v) is 3.10. The monoisotopic (exact) mass is 241 g/mol. The SMILES string of the molecule is Cc1cc(N2CC(N)C2)ncc1Br. The molecule has 0 radical (unpaired) electrons. The van der Waals surface area contributed by atoms with Crippen LogP contribution in [0.15, 0.2) is 16.7 Å². The summed E-state index contributed by atoms with van der Waals surface area (Å²) >= 11 is 3.42. The van der Waals surface area contributed by atoms with Crippen LogP contribution >= 0.6 is 15.9 Å². The van der Waals surface area contributed by atoms with Crippen molar-refractivity contribution in [3.05, 3.63) is 22.3 Å². The van der Waals surface area contributed by atoms with E-state index in [1.807, 2.05) is 6.20 Å². The second-order valence-corrected chi connectivity index (χ2v) is 4.31. The molecule has 0 unspecified atom stereocenters. The quantitative estimate of drug-likeness (QED) is 0.807. The van der Waals surface area contributed by atoms with Crippen molar-refractivity contribution in [1.82, 2.24) is 4.98 Å². The molecule has 0 bridgehead atoms. The Kier molecular flexibility index (Phi) is 2.26. The van der Waals surface area contributed by atoms with E-state index in [0.29, 0.717) is 6.04 Å². The highest BCUT2D eigenvalue weighted by Gasteiger charge is 2.24. The molecule has 2 N–H and O–H groups in total. The van der Waals surface area contributed by atoms with Crippen LogP contribution in [0, 0.1) is 6.92 Å². The number of hydrogen-bond donors (Lipinski definition) is 1. The van der Waals surface area contributed by atoms with Crippen LogP contribution in [0.3, 0.4) is 0 Å². The van der Waals surface area contributed by atoms with Gasteiger partial charge in [-0.2, -0.15) is 0 Å². The molecule has 1 saturated heterocycles. The van der Waals surface area contributed by atoms with Crippen molar-refractivity contribution in [2.24, 2.45) is 5.73 Å². The number of halogens is 1. The first-order valence-electron chi connectivity index (χ1n) is 4.29. The van der Waals surface area contributed by atoms with Gasteiger partial charge >= 0.3 is 0 Å². The van der Waals surface area contributed by atoms with E-state index in [4.69, 9.17) is 5.73 Å². The third kappa shape index (κ3) is 1.69. The number of nitrogens with two attached hydrogens (primary N) is 1. The molecular weight excluding hydrogens is 230 g/mol. The predicted molar refractivity (Wildman–Crippen MR) is 56.9 cm³/mol. The van der Waals surface area contributed by atoms with Crippen LogP contribution in [-0.2, 0) is 0 Å². The normalized spacial score (nSPS) is 17.3. The topological polar surface area (TPSA) is 42.1 Å². The lowest BCUT2D eigenvalue weighted by molar-refractivity contribution is 0.514. The molecule has 3 nitrogen and oxygen atoms in total. The first-order valence-corrected chi connectivity index (χ1v) is 5.09. The summed E-state index contributed by atoms with van der Waals surface area (Å²) < 4.78 is 1.06. The van der Waals surface area contributed by atoms with Crippen molar-refractivity contribution in [3.8, 4) is 0 Å². The van der Waals surface area contributed by atoms with Gasteiger partial charge in [0.1, 0.15) is 5.82 Å². The molecule has 0 amide bonds. The number of hydrogen-bond acceptors (Lipinski definition) is 3. The Morgan fingerprint density at radius 1 is 1.62 bits per heavy atom. The van der Waals surface area contributed by atoms with Gasteiger partial charge in [-0.05, 0) is 34.5 Å². The molecule has 1 fully saturated rings. The fourth-order valence-electron chi connectivity index (χ4n) is 1.40. The van der Waals surface area contributed by atoms with Crippen molar-refractivity contribution in [3.63, 3.8) is 0 Å². The lowest BCUT2D eigenvalue weighted by Gasteiger charge is -2.37. The van der Waals surface area contributed by atoms with Crippen LogP contribution in [0.1, 0.15) is 5.56 Å². The molecule has 1 aliphatic rings. The van der Waals surface area contributed by atoms with Gasteiger partial charge in [-0.1, -0.05) is 0 Å². The molecule has 4 heteroatoms. The highest BCUT2D eigenvalue weighted by Crippen LogP contribution is 2.22. The van der Waals surface area contributed by atoms with Crippen molar-refractivity contribution < 1.29 is 0 Å². The minimum Gasteiger partial charge on any atom is -0.353 e. The minimum absolute atomic E-state index is 0.325. The van der Waals surface area contributed by atoms with E-state index in [0.717, 1.165) is 23.4 Å². The van der Waals surface area contributed by atoms with Crippen LogP contribution in [0.5, 0.6) is 0 Å². The number of aryl methyl sites for hydroxylation is 1. The Labute approximate surface area is 86.1 Å². The average molecular weight is 242 g/mol. The Bertz CT molecular complexity index is 321. The van der Waals surface area contributed by atoms with Crippen molar-refractivity contribution in [2.45, 2.75) is 13.0 Å². The van der Waals surface area contributed by atoms with E-state index in [9.17, 15) is 0 Å². The maximum absolute atomic E-state index is 5.70. The number of aromatic nitrogens is 1. The number of pyridine rings is 1. The van der Waals surface area contributed by atoms with Crippen molar-refractivity contribution >= 4 is 21.7 Å². The summed E-state index contributed by atoms with van der Waals surface area (Å²) in [5.41, 5.74) is 6.91. The van der Waals surface area contributed by atoms with Gasteiger partial charge in [0.15, 0.2) is 0 Å². The molecule has 2 rings (SSSR count). The number of anilines is 1. The smallest absolute Gasteiger partial charge is 0.128 e. The van der Waals surface area contributed by atoms with Crippen LogP contribution < -0.4 is 10.6 Å². The zero-order chi connectivity index (χ0) is 9.42. The van der Waals surface area contributed by atoms with Crippen LogP contribution in [0.25, 0.3) is 0 Å². The van der Waals surface area contributed by atoms with E-state index in [2.05, 4.69) is 38.8 Å². The highest BCUT2D eigenvalue weighted by atomic mass is 79.9. The third-order valence-electron chi connectivity index (χ3n) is 2.27. The van der Waals surface area contributed by atoms with E-state index in [1.54, 1.807) is 0 Å². The van der Waals surface area contributed by atoms with Gasteiger partial charge in [-0.3, -0.25) is 0 Å². The molecule has 2 heterocycles. The fraction of sp³-hybridized carbons (Fsp3) is 0.444. The van der Waals surface area contributed by atoms with Crippen LogP contribution in [-0.4, -0.2) is 24.1 Å². The fourth-order valence-corrected chi connectivity index (χ4v) is 1.61. The van der Waals surface area contributed by atoms with Gasteiger partial charge < -0.3 is 10.6 Å². The molecule has 0 saturated carbocycles. The summed E-state index contributed by atoms with van der Waals surface area (Å²) in [6.45, 7) is 3.91. The van der Waals surface area contributed by atoms with Crippen LogP contribution in [0.4, 0.5) is 5.82 Å². The first kappa shape index (κ1) is 8.97. The standard InChI is InChI=1S/C9H12BrN3/c1-6-2-9(12-3-8(6)10)13-4-7(11)5-13/h2-3,7H,4-5,11H2,1H3. The Hall–Kier alpha value is -0.610. The largest absolute Gasteiger partial charge is 0.353 e. The lowest BCUT2D eigenvalue weighted by atomic mass is 10.1. The average Bonchev–Trinajstić information content (AvgIpc) is 2.05. The molecule has 1 aliphatic heterocycles. The van der Waals surface area contributed by atoms with Gasteiger partial charge in [-0.15, -0.1) is 0 Å². The van der Waals surface area contributed by atoms with E-state index in [-0.39, 0.29) is 0 Å². The summed E-state index contributed by atoms with van der Waals surface area (Å²) in [6, 6.07) is 2.40. The lowest BCUT2D eigenvalue weighted by Crippen LogP contribution is -2.56. The molecule has 70 valence electrons. The molecule has 1 aromatic heterocycles. The van der Waals surface area contributed by atoms with Crippen molar-refractivity contribution in [2.75, 3.05) is 18.0 Å². The van der Waals surface area contributed by atoms with Crippen LogP contribution in [0.2, 0.25) is 0 Å². The second kappa shape index (κ2) is 3.27. The van der Waals surface area contributed by atoms with Gasteiger partial charge in [0.25, 0.3) is 0 Å². The first-order chi connectivity index (χ1) is 6.16. The number of nitrogens with zero attached hydrogens (tertiary/aromatic N) is 2. The molecule has 0 aromatic carbocycles. The van der Waals surface area contributed by atoms with E-state index < -0.39 is 0 Å². The predicted octanol–water partition coefficient (Wildman–Crippen LogP) is 1.30. The molecule has 1 aromatic rings. The van der Waals surface area contributed by atoms with E-state index in [1.165, 1.54) is 5.56 Å². The molecule has 13 heavy (non-hydrogen) atoms. The maximum Gasteiger partial charge on any atom is 0.128 e. The Morgan fingerprint density at radius 2 is 2.31 bits per heavy atom. The van der Waals surface area contributed by atoms with Gasteiger partial charge in [-0.25, -0.2) is 4.98 Å². The molecular formula is C9H12BrN3. The zero-order valence-corrected chi connectivity index (χ0v) is 9.08. The highest BCUT2D eigenvalue weighted by molar-refractivity contribution is 9.10.